The Labute approximate surface area is 179 Å². The second kappa shape index (κ2) is 13.4. The second-order valence-electron chi connectivity index (χ2n) is 6.19. The van der Waals surface area contributed by atoms with E-state index < -0.39 is 0 Å². The summed E-state index contributed by atoms with van der Waals surface area (Å²) < 4.78 is 5.72. The van der Waals surface area contributed by atoms with Crippen molar-refractivity contribution in [3.8, 4) is 5.75 Å². The molecular formula is C21H30IN3O2. The van der Waals surface area contributed by atoms with E-state index in [1.165, 1.54) is 5.56 Å². The van der Waals surface area contributed by atoms with Crippen LogP contribution in [0.15, 0.2) is 59.6 Å². The Morgan fingerprint density at radius 2 is 1.78 bits per heavy atom. The summed E-state index contributed by atoms with van der Waals surface area (Å²) in [6.45, 7) is 4.20. The van der Waals surface area contributed by atoms with E-state index in [9.17, 15) is 5.11 Å². The fourth-order valence-corrected chi connectivity index (χ4v) is 2.56. The van der Waals surface area contributed by atoms with Crippen molar-refractivity contribution in [2.45, 2.75) is 19.3 Å². The maximum atomic E-state index is 9.62. The van der Waals surface area contributed by atoms with E-state index in [1.807, 2.05) is 54.6 Å². The van der Waals surface area contributed by atoms with Gasteiger partial charge in [0.1, 0.15) is 5.75 Å². The van der Waals surface area contributed by atoms with Crippen LogP contribution in [0.1, 0.15) is 23.5 Å². The molecule has 0 aromatic heterocycles. The summed E-state index contributed by atoms with van der Waals surface area (Å²) in [5, 5.41) is 16.2. The Balaban J connectivity index is 0.00000364. The first kappa shape index (κ1) is 23.2. The van der Waals surface area contributed by atoms with Crippen molar-refractivity contribution < 1.29 is 9.84 Å². The molecule has 0 bridgehead atoms. The van der Waals surface area contributed by atoms with Gasteiger partial charge < -0.3 is 20.5 Å². The van der Waals surface area contributed by atoms with Crippen LogP contribution in [0.4, 0.5) is 0 Å². The third kappa shape index (κ3) is 8.62. The topological polar surface area (TPSA) is 65.9 Å². The fraction of sp³-hybridized carbons (Fsp3) is 0.381. The molecule has 0 saturated carbocycles. The average Bonchev–Trinajstić information content (AvgIpc) is 2.68. The fourth-order valence-electron chi connectivity index (χ4n) is 2.56. The number of hydrogen-bond donors (Lipinski definition) is 3. The number of aliphatic imine (C=N–C) groups is 1. The van der Waals surface area contributed by atoms with Gasteiger partial charge in [-0.3, -0.25) is 4.99 Å². The Morgan fingerprint density at radius 1 is 1.07 bits per heavy atom. The highest BCUT2D eigenvalue weighted by Gasteiger charge is 2.10. The summed E-state index contributed by atoms with van der Waals surface area (Å²) >= 11 is 0. The average molecular weight is 483 g/mol. The van der Waals surface area contributed by atoms with Gasteiger partial charge in [0.2, 0.25) is 0 Å². The van der Waals surface area contributed by atoms with Crippen LogP contribution < -0.4 is 15.4 Å². The lowest BCUT2D eigenvalue weighted by Crippen LogP contribution is -2.40. The minimum atomic E-state index is 0. The normalized spacial score (nSPS) is 12.0. The van der Waals surface area contributed by atoms with E-state index in [-0.39, 0.29) is 36.5 Å². The molecule has 2 aromatic rings. The second-order valence-corrected chi connectivity index (χ2v) is 6.19. The Bertz CT molecular complexity index is 663. The largest absolute Gasteiger partial charge is 0.494 e. The van der Waals surface area contributed by atoms with Gasteiger partial charge in [-0.2, -0.15) is 0 Å². The summed E-state index contributed by atoms with van der Waals surface area (Å²) in [6, 6.07) is 18.1. The van der Waals surface area contributed by atoms with Gasteiger partial charge in [-0.15, -0.1) is 24.0 Å². The molecule has 0 aliphatic heterocycles. The van der Waals surface area contributed by atoms with Crippen LogP contribution in [-0.4, -0.2) is 44.4 Å². The summed E-state index contributed by atoms with van der Waals surface area (Å²) in [5.41, 5.74) is 2.34. The zero-order chi connectivity index (χ0) is 18.6. The van der Waals surface area contributed by atoms with Crippen molar-refractivity contribution in [2.24, 2.45) is 4.99 Å². The molecule has 0 aliphatic rings. The van der Waals surface area contributed by atoms with Crippen LogP contribution >= 0.6 is 24.0 Å². The molecular weight excluding hydrogens is 453 g/mol. The molecule has 1 unspecified atom stereocenters. The number of benzene rings is 2. The number of aryl methyl sites for hydroxylation is 1. The van der Waals surface area contributed by atoms with E-state index in [0.717, 1.165) is 30.2 Å². The molecule has 0 fully saturated rings. The van der Waals surface area contributed by atoms with E-state index in [1.54, 1.807) is 7.05 Å². The Kier molecular flexibility index (Phi) is 11.5. The first-order valence-corrected chi connectivity index (χ1v) is 9.02. The molecule has 0 aliphatic carbocycles. The monoisotopic (exact) mass is 483 g/mol. The minimum absolute atomic E-state index is 0. The number of ether oxygens (including phenoxy) is 1. The SMILES string of the molecule is CN=C(NCCCOc1ccc(C)cc1)NCC(CO)c1ccccc1.I. The van der Waals surface area contributed by atoms with Crippen molar-refractivity contribution in [3.63, 3.8) is 0 Å². The maximum absolute atomic E-state index is 9.62. The molecule has 148 valence electrons. The highest BCUT2D eigenvalue weighted by molar-refractivity contribution is 14.0. The first-order valence-electron chi connectivity index (χ1n) is 9.02. The minimum Gasteiger partial charge on any atom is -0.494 e. The van der Waals surface area contributed by atoms with Gasteiger partial charge in [-0.1, -0.05) is 48.0 Å². The third-order valence-corrected chi connectivity index (χ3v) is 4.13. The van der Waals surface area contributed by atoms with Gasteiger partial charge in [0, 0.05) is 26.1 Å². The molecule has 1 atom stereocenters. The van der Waals surface area contributed by atoms with Crippen LogP contribution in [0.2, 0.25) is 0 Å². The Hall–Kier alpha value is -1.80. The third-order valence-electron chi connectivity index (χ3n) is 4.13. The number of rotatable bonds is 9. The molecule has 2 rings (SSSR count). The maximum Gasteiger partial charge on any atom is 0.191 e. The van der Waals surface area contributed by atoms with Crippen molar-refractivity contribution >= 4 is 29.9 Å². The number of halogens is 1. The first-order chi connectivity index (χ1) is 12.7. The molecule has 0 saturated heterocycles. The number of nitrogens with one attached hydrogen (secondary N) is 2. The van der Waals surface area contributed by atoms with Gasteiger partial charge in [-0.05, 0) is 31.0 Å². The van der Waals surface area contributed by atoms with E-state index in [4.69, 9.17) is 4.74 Å². The van der Waals surface area contributed by atoms with Crippen LogP contribution in [0.25, 0.3) is 0 Å². The van der Waals surface area contributed by atoms with Gasteiger partial charge in [0.05, 0.1) is 13.2 Å². The van der Waals surface area contributed by atoms with Crippen LogP contribution in [0, 0.1) is 6.92 Å². The van der Waals surface area contributed by atoms with Crippen molar-refractivity contribution in [1.82, 2.24) is 10.6 Å². The summed E-state index contributed by atoms with van der Waals surface area (Å²) in [6.07, 6.45) is 0.872. The van der Waals surface area contributed by atoms with Gasteiger partial charge in [0.25, 0.3) is 0 Å². The molecule has 2 aromatic carbocycles. The number of guanidine groups is 1. The highest BCUT2D eigenvalue weighted by atomic mass is 127. The van der Waals surface area contributed by atoms with Crippen molar-refractivity contribution in [3.05, 3.63) is 65.7 Å². The standard InChI is InChI=1S/C21H29N3O2.HI/c1-17-9-11-20(12-10-17)26-14-6-13-23-21(22-2)24-15-19(16-25)18-7-4-3-5-8-18;/h3-5,7-12,19,25H,6,13-16H2,1-2H3,(H2,22,23,24);1H. The molecule has 0 heterocycles. The molecule has 0 amide bonds. The number of aliphatic hydroxyl groups is 1. The molecule has 6 heteroatoms. The number of hydrogen-bond acceptors (Lipinski definition) is 3. The number of nitrogens with zero attached hydrogens (tertiary/aromatic N) is 1. The zero-order valence-electron chi connectivity index (χ0n) is 16.0. The lowest BCUT2D eigenvalue weighted by molar-refractivity contribution is 0.265. The molecule has 0 spiro atoms. The van der Waals surface area contributed by atoms with Gasteiger partial charge in [0.15, 0.2) is 5.96 Å². The van der Waals surface area contributed by atoms with Gasteiger partial charge in [-0.25, -0.2) is 0 Å². The molecule has 27 heavy (non-hydrogen) atoms. The Morgan fingerprint density at radius 3 is 2.41 bits per heavy atom. The quantitative estimate of drug-likeness (QED) is 0.222. The van der Waals surface area contributed by atoms with Crippen molar-refractivity contribution in [2.75, 3.05) is 33.4 Å². The van der Waals surface area contributed by atoms with Crippen LogP contribution in [0.5, 0.6) is 5.75 Å². The van der Waals surface area contributed by atoms with Crippen LogP contribution in [0.3, 0.4) is 0 Å². The summed E-state index contributed by atoms with van der Waals surface area (Å²) in [7, 11) is 1.74. The molecule has 5 nitrogen and oxygen atoms in total. The van der Waals surface area contributed by atoms with Crippen LogP contribution in [-0.2, 0) is 0 Å². The summed E-state index contributed by atoms with van der Waals surface area (Å²) in [4.78, 5) is 4.23. The lowest BCUT2D eigenvalue weighted by atomic mass is 10.0. The predicted octanol–water partition coefficient (Wildman–Crippen LogP) is 3.32. The van der Waals surface area contributed by atoms with E-state index in [0.29, 0.717) is 13.2 Å². The van der Waals surface area contributed by atoms with Gasteiger partial charge >= 0.3 is 0 Å². The molecule has 3 N–H and O–H groups in total. The number of aliphatic hydroxyl groups excluding tert-OH is 1. The lowest BCUT2D eigenvalue weighted by Gasteiger charge is -2.18. The predicted molar refractivity (Wildman–Crippen MR) is 122 cm³/mol. The smallest absolute Gasteiger partial charge is 0.191 e. The highest BCUT2D eigenvalue weighted by Crippen LogP contribution is 2.13. The summed E-state index contributed by atoms with van der Waals surface area (Å²) in [5.74, 6) is 1.67. The van der Waals surface area contributed by atoms with E-state index in [2.05, 4.69) is 22.5 Å². The zero-order valence-corrected chi connectivity index (χ0v) is 18.4. The van der Waals surface area contributed by atoms with E-state index >= 15 is 0 Å². The van der Waals surface area contributed by atoms with Crippen molar-refractivity contribution in [1.29, 1.82) is 0 Å². The molecule has 0 radical (unpaired) electrons.